The van der Waals surface area contributed by atoms with Crippen molar-refractivity contribution in [1.29, 1.82) is 0 Å². The first-order valence-corrected chi connectivity index (χ1v) is 10.1. The summed E-state index contributed by atoms with van der Waals surface area (Å²) in [5.74, 6) is -1.50. The summed E-state index contributed by atoms with van der Waals surface area (Å²) in [5, 5.41) is 0.761. The third-order valence-corrected chi connectivity index (χ3v) is 4.76. The molecule has 1 heterocycles. The number of hydrogen-bond donors (Lipinski definition) is 0. The zero-order valence-electron chi connectivity index (χ0n) is 18.1. The van der Waals surface area contributed by atoms with Gasteiger partial charge in [-0.15, -0.1) is 0 Å². The number of rotatable bonds is 8. The maximum absolute atomic E-state index is 13.4. The van der Waals surface area contributed by atoms with Crippen molar-refractivity contribution in [1.82, 2.24) is 4.90 Å². The summed E-state index contributed by atoms with van der Waals surface area (Å²) in [4.78, 5) is 26.9. The van der Waals surface area contributed by atoms with Gasteiger partial charge in [-0.25, -0.2) is 9.18 Å². The average Bonchev–Trinajstić information content (AvgIpc) is 3.10. The van der Waals surface area contributed by atoms with E-state index in [1.807, 2.05) is 32.0 Å². The third kappa shape index (κ3) is 5.49. The van der Waals surface area contributed by atoms with Gasteiger partial charge in [0.25, 0.3) is 5.91 Å². The van der Waals surface area contributed by atoms with Crippen molar-refractivity contribution in [2.45, 2.75) is 46.1 Å². The van der Waals surface area contributed by atoms with Crippen LogP contribution in [-0.4, -0.2) is 36.0 Å². The molecule has 0 N–H and O–H groups in total. The van der Waals surface area contributed by atoms with Crippen LogP contribution in [0.3, 0.4) is 0 Å². The molecule has 0 saturated carbocycles. The van der Waals surface area contributed by atoms with E-state index < -0.39 is 18.0 Å². The van der Waals surface area contributed by atoms with Gasteiger partial charge in [0.1, 0.15) is 11.4 Å². The molecule has 7 heteroatoms. The predicted molar refractivity (Wildman–Crippen MR) is 114 cm³/mol. The van der Waals surface area contributed by atoms with E-state index in [0.29, 0.717) is 16.7 Å². The molecule has 0 aliphatic rings. The van der Waals surface area contributed by atoms with Crippen LogP contribution in [-0.2, 0) is 27.4 Å². The zero-order chi connectivity index (χ0) is 22.5. The number of furan rings is 1. The first-order valence-electron chi connectivity index (χ1n) is 10.1. The number of fused-ring (bicyclic) bond motifs is 1. The number of hydrogen-bond acceptors (Lipinski definition) is 5. The summed E-state index contributed by atoms with van der Waals surface area (Å²) < 4.78 is 30.2. The molecule has 3 rings (SSSR count). The van der Waals surface area contributed by atoms with Gasteiger partial charge in [-0.1, -0.05) is 30.3 Å². The fourth-order valence-corrected chi connectivity index (χ4v) is 3.22. The zero-order valence-corrected chi connectivity index (χ0v) is 18.1. The second kappa shape index (κ2) is 9.75. The molecule has 31 heavy (non-hydrogen) atoms. The van der Waals surface area contributed by atoms with Gasteiger partial charge in [-0.2, -0.15) is 0 Å². The minimum Gasteiger partial charge on any atom is -0.449 e. The molecule has 1 amide bonds. The Morgan fingerprint density at radius 1 is 1.10 bits per heavy atom. The topological polar surface area (TPSA) is 69.0 Å². The van der Waals surface area contributed by atoms with E-state index in [-0.39, 0.29) is 30.8 Å². The Kier molecular flexibility index (Phi) is 7.07. The van der Waals surface area contributed by atoms with Gasteiger partial charge in [0.05, 0.1) is 12.7 Å². The summed E-state index contributed by atoms with van der Waals surface area (Å²) in [6, 6.07) is 13.2. The molecule has 0 bridgehead atoms. The summed E-state index contributed by atoms with van der Waals surface area (Å²) in [7, 11) is 1.57. The molecular weight excluding hydrogens is 401 g/mol. The van der Waals surface area contributed by atoms with Crippen LogP contribution in [0.5, 0.6) is 0 Å². The number of ether oxygens (including phenoxy) is 2. The minimum absolute atomic E-state index is 0.0225. The number of esters is 1. The van der Waals surface area contributed by atoms with E-state index in [1.54, 1.807) is 25.2 Å². The molecule has 3 aromatic rings. The molecule has 0 radical (unpaired) electrons. The number of halogens is 1. The molecule has 1 unspecified atom stereocenters. The highest BCUT2D eigenvalue weighted by molar-refractivity contribution is 5.97. The second-order valence-corrected chi connectivity index (χ2v) is 7.64. The fraction of sp³-hybridized carbons (Fsp3) is 0.333. The lowest BCUT2D eigenvalue weighted by Gasteiger charge is -2.21. The van der Waals surface area contributed by atoms with Crippen molar-refractivity contribution in [2.24, 2.45) is 0 Å². The van der Waals surface area contributed by atoms with Gasteiger partial charge in [-0.3, -0.25) is 4.79 Å². The normalized spacial score (nSPS) is 12.2. The summed E-state index contributed by atoms with van der Waals surface area (Å²) in [6.07, 6.45) is -1.08. The number of carbonyl (C=O) groups excluding carboxylic acids is 2. The van der Waals surface area contributed by atoms with E-state index in [4.69, 9.17) is 13.9 Å². The van der Waals surface area contributed by atoms with Crippen LogP contribution >= 0.6 is 0 Å². The highest BCUT2D eigenvalue weighted by atomic mass is 19.1. The van der Waals surface area contributed by atoms with Gasteiger partial charge in [0, 0.05) is 24.5 Å². The molecule has 164 valence electrons. The molecule has 2 aromatic carbocycles. The standard InChI is InChI=1S/C24H26FNO5/c1-15(2)29-14-20-19-10-5-6-11-21(19)31-22(20)24(28)30-16(3)23(27)26(4)13-17-8-7-9-18(25)12-17/h5-12,15-16H,13-14H2,1-4H3. The number of para-hydroxylation sites is 1. The molecule has 0 aliphatic carbocycles. The Morgan fingerprint density at radius 2 is 1.84 bits per heavy atom. The molecule has 1 aromatic heterocycles. The van der Waals surface area contributed by atoms with Crippen LogP contribution in [0.1, 0.15) is 42.5 Å². The summed E-state index contributed by atoms with van der Waals surface area (Å²) >= 11 is 0. The van der Waals surface area contributed by atoms with Gasteiger partial charge >= 0.3 is 5.97 Å². The number of benzene rings is 2. The Hall–Kier alpha value is -3.19. The van der Waals surface area contributed by atoms with Crippen LogP contribution in [0, 0.1) is 5.82 Å². The van der Waals surface area contributed by atoms with Crippen LogP contribution in [0.4, 0.5) is 4.39 Å². The SMILES string of the molecule is CC(C)OCc1c(C(=O)OC(C)C(=O)N(C)Cc2cccc(F)c2)oc2ccccc12. The monoisotopic (exact) mass is 427 g/mol. The van der Waals surface area contributed by atoms with Crippen LogP contribution in [0.25, 0.3) is 11.0 Å². The fourth-order valence-electron chi connectivity index (χ4n) is 3.22. The minimum atomic E-state index is -1.04. The Balaban J connectivity index is 1.73. The van der Waals surface area contributed by atoms with E-state index in [0.717, 1.165) is 5.39 Å². The number of amides is 1. The maximum Gasteiger partial charge on any atom is 0.375 e. The number of nitrogens with zero attached hydrogens (tertiary/aromatic N) is 1. The predicted octanol–water partition coefficient (Wildman–Crippen LogP) is 4.70. The van der Waals surface area contributed by atoms with Crippen molar-refractivity contribution in [2.75, 3.05) is 7.05 Å². The van der Waals surface area contributed by atoms with Gasteiger partial charge < -0.3 is 18.8 Å². The van der Waals surface area contributed by atoms with Crippen molar-refractivity contribution in [3.8, 4) is 0 Å². The molecule has 0 spiro atoms. The molecule has 0 saturated heterocycles. The Bertz CT molecular complexity index is 1070. The number of carbonyl (C=O) groups is 2. The van der Waals surface area contributed by atoms with Crippen molar-refractivity contribution < 1.29 is 27.9 Å². The van der Waals surface area contributed by atoms with E-state index >= 15 is 0 Å². The highest BCUT2D eigenvalue weighted by Gasteiger charge is 2.27. The lowest BCUT2D eigenvalue weighted by Crippen LogP contribution is -2.37. The van der Waals surface area contributed by atoms with E-state index in [2.05, 4.69) is 0 Å². The second-order valence-electron chi connectivity index (χ2n) is 7.64. The Labute approximate surface area is 180 Å². The van der Waals surface area contributed by atoms with E-state index in [9.17, 15) is 14.0 Å². The quantitative estimate of drug-likeness (QED) is 0.488. The van der Waals surface area contributed by atoms with Crippen LogP contribution in [0.15, 0.2) is 52.9 Å². The molecule has 0 fully saturated rings. The summed E-state index contributed by atoms with van der Waals surface area (Å²) in [5.41, 5.74) is 1.76. The van der Waals surface area contributed by atoms with Crippen molar-refractivity contribution >= 4 is 22.8 Å². The lowest BCUT2D eigenvalue weighted by atomic mass is 10.1. The smallest absolute Gasteiger partial charge is 0.375 e. The van der Waals surface area contributed by atoms with Crippen molar-refractivity contribution in [3.63, 3.8) is 0 Å². The maximum atomic E-state index is 13.4. The first-order chi connectivity index (χ1) is 14.8. The first kappa shape index (κ1) is 22.5. The van der Waals surface area contributed by atoms with Crippen LogP contribution in [0.2, 0.25) is 0 Å². The van der Waals surface area contributed by atoms with Crippen molar-refractivity contribution in [3.05, 3.63) is 71.2 Å². The van der Waals surface area contributed by atoms with E-state index in [1.165, 1.54) is 24.0 Å². The molecule has 1 atom stereocenters. The lowest BCUT2D eigenvalue weighted by molar-refractivity contribution is -0.139. The average molecular weight is 427 g/mol. The van der Waals surface area contributed by atoms with Gasteiger partial charge in [-0.05, 0) is 44.5 Å². The van der Waals surface area contributed by atoms with Gasteiger partial charge in [0.15, 0.2) is 6.10 Å². The van der Waals surface area contributed by atoms with Gasteiger partial charge in [0.2, 0.25) is 5.76 Å². The summed E-state index contributed by atoms with van der Waals surface area (Å²) in [6.45, 7) is 5.66. The van der Waals surface area contributed by atoms with Crippen LogP contribution < -0.4 is 0 Å². The number of likely N-dealkylation sites (N-methyl/N-ethyl adjacent to an activating group) is 1. The molecule has 6 nitrogen and oxygen atoms in total. The third-order valence-electron chi connectivity index (χ3n) is 4.76. The largest absolute Gasteiger partial charge is 0.449 e. The molecular formula is C24H26FNO5. The highest BCUT2D eigenvalue weighted by Crippen LogP contribution is 2.28. The Morgan fingerprint density at radius 3 is 2.55 bits per heavy atom. The molecule has 0 aliphatic heterocycles.